The molecule has 1 N–H and O–H groups in total. The summed E-state index contributed by atoms with van der Waals surface area (Å²) < 4.78 is 11.1. The first-order chi connectivity index (χ1) is 17.4. The lowest BCUT2D eigenvalue weighted by Gasteiger charge is -2.31. The first-order valence-electron chi connectivity index (χ1n) is 12.0. The second-order valence-corrected chi connectivity index (χ2v) is 9.40. The van der Waals surface area contributed by atoms with Gasteiger partial charge in [-0.3, -0.25) is 9.59 Å². The lowest BCUT2D eigenvalue weighted by molar-refractivity contribution is -0.142. The number of rotatable bonds is 12. The fourth-order valence-corrected chi connectivity index (χ4v) is 3.83. The van der Waals surface area contributed by atoms with Gasteiger partial charge in [0.25, 0.3) is 5.91 Å². The number of carbonyl (C=O) groups is 2. The molecule has 190 valence electrons. The Kier molecular flexibility index (Phi) is 10.2. The van der Waals surface area contributed by atoms with E-state index in [0.29, 0.717) is 29.5 Å². The van der Waals surface area contributed by atoms with E-state index in [4.69, 9.17) is 21.1 Å². The fraction of sp³-hybridized carbons (Fsp3) is 0.310. The Morgan fingerprint density at radius 3 is 2.28 bits per heavy atom. The molecule has 1 unspecified atom stereocenters. The molecule has 2 amide bonds. The quantitative estimate of drug-likeness (QED) is 0.368. The van der Waals surface area contributed by atoms with Crippen LogP contribution in [0.5, 0.6) is 11.5 Å². The molecule has 0 aliphatic heterocycles. The van der Waals surface area contributed by atoms with Crippen molar-refractivity contribution in [3.63, 3.8) is 0 Å². The van der Waals surface area contributed by atoms with Gasteiger partial charge in [0.15, 0.2) is 6.61 Å². The number of carbonyl (C=O) groups excluding carboxylic acids is 2. The molecule has 36 heavy (non-hydrogen) atoms. The monoisotopic (exact) mass is 508 g/mol. The largest absolute Gasteiger partial charge is 0.497 e. The molecular formula is C29H33ClN2O4. The summed E-state index contributed by atoms with van der Waals surface area (Å²) in [6.45, 7) is 4.60. The van der Waals surface area contributed by atoms with Gasteiger partial charge in [0.1, 0.15) is 17.5 Å². The number of nitrogens with one attached hydrogen (secondary N) is 1. The van der Waals surface area contributed by atoms with Crippen LogP contribution in [-0.2, 0) is 22.6 Å². The maximum Gasteiger partial charge on any atom is 0.261 e. The Hall–Kier alpha value is -3.51. The summed E-state index contributed by atoms with van der Waals surface area (Å²) in [5.74, 6) is 0.991. The Labute approximate surface area is 218 Å². The zero-order chi connectivity index (χ0) is 25.9. The average molecular weight is 509 g/mol. The smallest absolute Gasteiger partial charge is 0.261 e. The van der Waals surface area contributed by atoms with Crippen molar-refractivity contribution in [2.75, 3.05) is 20.3 Å². The van der Waals surface area contributed by atoms with Crippen molar-refractivity contribution >= 4 is 23.4 Å². The number of methoxy groups -OCH3 is 1. The highest BCUT2D eigenvalue weighted by Gasteiger charge is 2.30. The molecule has 0 aromatic heterocycles. The predicted octanol–water partition coefficient (Wildman–Crippen LogP) is 5.14. The Morgan fingerprint density at radius 1 is 0.917 bits per heavy atom. The van der Waals surface area contributed by atoms with E-state index in [2.05, 4.69) is 5.32 Å². The van der Waals surface area contributed by atoms with E-state index >= 15 is 0 Å². The topological polar surface area (TPSA) is 67.9 Å². The van der Waals surface area contributed by atoms with Crippen molar-refractivity contribution in [1.29, 1.82) is 0 Å². The van der Waals surface area contributed by atoms with E-state index in [1.54, 1.807) is 36.3 Å². The highest BCUT2D eigenvalue weighted by molar-refractivity contribution is 6.30. The number of benzene rings is 3. The first-order valence-corrected chi connectivity index (χ1v) is 12.4. The summed E-state index contributed by atoms with van der Waals surface area (Å²) in [5.41, 5.74) is 1.81. The van der Waals surface area contributed by atoms with Gasteiger partial charge in [0.05, 0.1) is 7.11 Å². The second-order valence-electron chi connectivity index (χ2n) is 8.96. The van der Waals surface area contributed by atoms with Crippen molar-refractivity contribution in [2.45, 2.75) is 32.9 Å². The number of halogens is 1. The first kappa shape index (κ1) is 27.1. The van der Waals surface area contributed by atoms with Crippen molar-refractivity contribution in [2.24, 2.45) is 5.92 Å². The molecule has 3 aromatic rings. The van der Waals surface area contributed by atoms with Crippen molar-refractivity contribution < 1.29 is 19.1 Å². The standard InChI is InChI=1S/C29H33ClN2O4/c1-21(2)18-31-29(34)27(17-22-8-5-4-6-9-22)32(19-23-10-7-11-26(16-23)35-3)28(33)20-36-25-14-12-24(30)13-15-25/h4-16,21,27H,17-20H2,1-3H3,(H,31,34). The molecule has 0 fully saturated rings. The van der Waals surface area contributed by atoms with Crippen LogP contribution in [0.4, 0.5) is 0 Å². The summed E-state index contributed by atoms with van der Waals surface area (Å²) in [7, 11) is 1.60. The van der Waals surface area contributed by atoms with Crippen LogP contribution in [0.2, 0.25) is 5.02 Å². The van der Waals surface area contributed by atoms with Crippen LogP contribution in [0.3, 0.4) is 0 Å². The lowest BCUT2D eigenvalue weighted by Crippen LogP contribution is -2.52. The normalized spacial score (nSPS) is 11.6. The molecule has 3 aromatic carbocycles. The van der Waals surface area contributed by atoms with Crippen LogP contribution >= 0.6 is 11.6 Å². The van der Waals surface area contributed by atoms with Gasteiger partial charge in [-0.1, -0.05) is 67.9 Å². The summed E-state index contributed by atoms with van der Waals surface area (Å²) in [4.78, 5) is 28.6. The van der Waals surface area contributed by atoms with Gasteiger partial charge in [-0.15, -0.1) is 0 Å². The Balaban J connectivity index is 1.90. The minimum absolute atomic E-state index is 0.199. The molecule has 0 heterocycles. The lowest BCUT2D eigenvalue weighted by atomic mass is 10.0. The zero-order valence-corrected chi connectivity index (χ0v) is 21.7. The van der Waals surface area contributed by atoms with Gasteiger partial charge < -0.3 is 19.7 Å². The van der Waals surface area contributed by atoms with Gasteiger partial charge in [0, 0.05) is 24.5 Å². The molecule has 0 bridgehead atoms. The average Bonchev–Trinajstić information content (AvgIpc) is 2.89. The maximum absolute atomic E-state index is 13.6. The van der Waals surface area contributed by atoms with Gasteiger partial charge in [-0.05, 0) is 53.4 Å². The molecule has 1 atom stereocenters. The van der Waals surface area contributed by atoms with Gasteiger partial charge in [-0.2, -0.15) is 0 Å². The number of nitrogens with zero attached hydrogens (tertiary/aromatic N) is 1. The summed E-state index contributed by atoms with van der Waals surface area (Å²) in [6, 6.07) is 23.3. The minimum Gasteiger partial charge on any atom is -0.497 e. The second kappa shape index (κ2) is 13.5. The van der Waals surface area contributed by atoms with E-state index in [1.807, 2.05) is 68.4 Å². The molecule has 0 radical (unpaired) electrons. The van der Waals surface area contributed by atoms with Crippen molar-refractivity contribution in [3.05, 3.63) is 95.0 Å². The SMILES string of the molecule is COc1cccc(CN(C(=O)COc2ccc(Cl)cc2)C(Cc2ccccc2)C(=O)NCC(C)C)c1. The van der Waals surface area contributed by atoms with Crippen LogP contribution in [-0.4, -0.2) is 43.0 Å². The van der Waals surface area contributed by atoms with Crippen LogP contribution in [0, 0.1) is 5.92 Å². The molecule has 0 spiro atoms. The Morgan fingerprint density at radius 2 is 1.61 bits per heavy atom. The minimum atomic E-state index is -0.723. The molecule has 0 saturated carbocycles. The van der Waals surface area contributed by atoms with E-state index in [-0.39, 0.29) is 30.9 Å². The van der Waals surface area contributed by atoms with Gasteiger partial charge >= 0.3 is 0 Å². The summed E-state index contributed by atoms with van der Waals surface area (Å²) >= 11 is 5.96. The maximum atomic E-state index is 13.6. The molecular weight excluding hydrogens is 476 g/mol. The van der Waals surface area contributed by atoms with Crippen LogP contribution in [0.25, 0.3) is 0 Å². The zero-order valence-electron chi connectivity index (χ0n) is 20.9. The molecule has 6 nitrogen and oxygen atoms in total. The van der Waals surface area contributed by atoms with Crippen LogP contribution < -0.4 is 14.8 Å². The highest BCUT2D eigenvalue weighted by Crippen LogP contribution is 2.20. The molecule has 3 rings (SSSR count). The Bertz CT molecular complexity index is 1120. The van der Waals surface area contributed by atoms with Crippen molar-refractivity contribution in [1.82, 2.24) is 10.2 Å². The molecule has 0 saturated heterocycles. The molecule has 7 heteroatoms. The van der Waals surface area contributed by atoms with Gasteiger partial charge in [0.2, 0.25) is 5.91 Å². The van der Waals surface area contributed by atoms with E-state index in [0.717, 1.165) is 11.1 Å². The number of hydrogen-bond donors (Lipinski definition) is 1. The third-order valence-corrected chi connectivity index (χ3v) is 5.87. The fourth-order valence-electron chi connectivity index (χ4n) is 3.70. The number of ether oxygens (including phenoxy) is 2. The third kappa shape index (κ3) is 8.31. The van der Waals surface area contributed by atoms with E-state index in [9.17, 15) is 9.59 Å². The van der Waals surface area contributed by atoms with Gasteiger partial charge in [-0.25, -0.2) is 0 Å². The van der Waals surface area contributed by atoms with Crippen LogP contribution in [0.15, 0.2) is 78.9 Å². The highest BCUT2D eigenvalue weighted by atomic mass is 35.5. The molecule has 0 aliphatic carbocycles. The number of hydrogen-bond acceptors (Lipinski definition) is 4. The van der Waals surface area contributed by atoms with E-state index < -0.39 is 6.04 Å². The molecule has 0 aliphatic rings. The summed E-state index contributed by atoms with van der Waals surface area (Å²) in [6.07, 6.45) is 0.376. The third-order valence-electron chi connectivity index (χ3n) is 5.62. The summed E-state index contributed by atoms with van der Waals surface area (Å²) in [5, 5.41) is 3.59. The van der Waals surface area contributed by atoms with E-state index in [1.165, 1.54) is 0 Å². The number of amides is 2. The predicted molar refractivity (Wildman–Crippen MR) is 142 cm³/mol. The van der Waals surface area contributed by atoms with Crippen LogP contribution in [0.1, 0.15) is 25.0 Å². The van der Waals surface area contributed by atoms with Crippen molar-refractivity contribution in [3.8, 4) is 11.5 Å².